The van der Waals surface area contributed by atoms with E-state index in [2.05, 4.69) is 4.99 Å². The summed E-state index contributed by atoms with van der Waals surface area (Å²) in [7, 11) is 3.05. The van der Waals surface area contributed by atoms with Crippen LogP contribution in [0.2, 0.25) is 10.0 Å². The number of thiazole rings is 1. The van der Waals surface area contributed by atoms with Crippen molar-refractivity contribution in [1.82, 2.24) is 4.57 Å². The minimum absolute atomic E-state index is 0.0486. The Bertz CT molecular complexity index is 1580. The lowest BCUT2D eigenvalue weighted by Crippen LogP contribution is -2.40. The molecule has 1 aliphatic rings. The molecule has 0 aliphatic carbocycles. The van der Waals surface area contributed by atoms with Crippen molar-refractivity contribution in [2.24, 2.45) is 4.99 Å². The third-order valence-electron chi connectivity index (χ3n) is 5.84. The van der Waals surface area contributed by atoms with Gasteiger partial charge in [-0.1, -0.05) is 58.8 Å². The summed E-state index contributed by atoms with van der Waals surface area (Å²) in [4.78, 5) is 32.3. The number of hydrogen-bond acceptors (Lipinski definition) is 8. The molecule has 0 bridgehead atoms. The first kappa shape index (κ1) is 27.9. The summed E-state index contributed by atoms with van der Waals surface area (Å²) in [5.74, 6) is 0.288. The van der Waals surface area contributed by atoms with Crippen molar-refractivity contribution in [3.8, 4) is 11.5 Å². The molecule has 1 aliphatic heterocycles. The Kier molecular flexibility index (Phi) is 8.94. The molecule has 0 amide bonds. The molecule has 1 aromatic heterocycles. The topological polar surface area (TPSA) is 88.4 Å². The third-order valence-corrected chi connectivity index (χ3v) is 7.66. The van der Waals surface area contributed by atoms with Crippen LogP contribution in [0.5, 0.6) is 11.5 Å². The van der Waals surface area contributed by atoms with Gasteiger partial charge < -0.3 is 18.9 Å². The second-order valence-corrected chi connectivity index (χ2v) is 9.96. The molecule has 0 unspecified atom stereocenters. The SMILES string of the molecule is CCOc1c(OC)cccc1[C@@H]1C(C(=O)OCCOC)=C(C)N=c2s/c(=C/c3cccc(Cl)c3Cl)c(=O)n21. The lowest BCUT2D eigenvalue weighted by Gasteiger charge is -2.27. The van der Waals surface area contributed by atoms with E-state index in [0.717, 1.165) is 0 Å². The zero-order valence-electron chi connectivity index (χ0n) is 21.2. The maximum atomic E-state index is 13.9. The Balaban J connectivity index is 1.99. The first-order valence-electron chi connectivity index (χ1n) is 11.7. The van der Waals surface area contributed by atoms with Crippen molar-refractivity contribution in [2.45, 2.75) is 19.9 Å². The highest BCUT2D eigenvalue weighted by Gasteiger charge is 2.36. The second-order valence-electron chi connectivity index (χ2n) is 8.17. The minimum atomic E-state index is -0.880. The van der Waals surface area contributed by atoms with Gasteiger partial charge in [0.2, 0.25) is 0 Å². The normalized spacial score (nSPS) is 15.2. The molecule has 11 heteroatoms. The molecule has 200 valence electrons. The summed E-state index contributed by atoms with van der Waals surface area (Å²) in [6.07, 6.45) is 1.67. The number of halogens is 2. The van der Waals surface area contributed by atoms with Crippen molar-refractivity contribution in [2.75, 3.05) is 34.0 Å². The summed E-state index contributed by atoms with van der Waals surface area (Å²) in [6.45, 7) is 4.18. The maximum absolute atomic E-state index is 13.9. The van der Waals surface area contributed by atoms with E-state index in [-0.39, 0.29) is 24.3 Å². The van der Waals surface area contributed by atoms with Gasteiger partial charge in [0, 0.05) is 12.7 Å². The summed E-state index contributed by atoms with van der Waals surface area (Å²) in [6, 6.07) is 9.64. The van der Waals surface area contributed by atoms with Gasteiger partial charge in [-0.3, -0.25) is 9.36 Å². The van der Waals surface area contributed by atoms with Gasteiger partial charge in [0.05, 0.1) is 46.2 Å². The molecule has 0 saturated heterocycles. The van der Waals surface area contributed by atoms with Crippen LogP contribution in [0.15, 0.2) is 57.5 Å². The van der Waals surface area contributed by atoms with E-state index in [1.54, 1.807) is 49.4 Å². The summed E-state index contributed by atoms with van der Waals surface area (Å²) < 4.78 is 23.9. The van der Waals surface area contributed by atoms with Crippen LogP contribution >= 0.6 is 34.5 Å². The molecule has 0 radical (unpaired) electrons. The smallest absolute Gasteiger partial charge is 0.338 e. The van der Waals surface area contributed by atoms with Crippen LogP contribution in [0, 0.1) is 0 Å². The number of carbonyl (C=O) groups excluding carboxylic acids is 1. The molecular formula is C27H26Cl2N2O6S. The van der Waals surface area contributed by atoms with Crippen molar-refractivity contribution < 1.29 is 23.7 Å². The van der Waals surface area contributed by atoms with Gasteiger partial charge in [0.1, 0.15) is 12.6 Å². The number of ether oxygens (including phenoxy) is 4. The molecule has 38 heavy (non-hydrogen) atoms. The molecule has 2 heterocycles. The van der Waals surface area contributed by atoms with Gasteiger partial charge in [-0.2, -0.15) is 0 Å². The number of nitrogens with zero attached hydrogens (tertiary/aromatic N) is 2. The number of methoxy groups -OCH3 is 2. The zero-order chi connectivity index (χ0) is 27.4. The molecule has 3 aromatic rings. The van der Waals surface area contributed by atoms with Crippen LogP contribution in [0.3, 0.4) is 0 Å². The van der Waals surface area contributed by atoms with E-state index in [9.17, 15) is 9.59 Å². The number of carbonyl (C=O) groups is 1. The van der Waals surface area contributed by atoms with Crippen LogP contribution in [0.4, 0.5) is 0 Å². The fourth-order valence-corrected chi connectivity index (χ4v) is 5.55. The second kappa shape index (κ2) is 12.2. The largest absolute Gasteiger partial charge is 0.493 e. The van der Waals surface area contributed by atoms with Gasteiger partial charge in [-0.05, 0) is 37.6 Å². The van der Waals surface area contributed by atoms with Crippen LogP contribution in [-0.4, -0.2) is 44.6 Å². The van der Waals surface area contributed by atoms with E-state index < -0.39 is 12.0 Å². The first-order chi connectivity index (χ1) is 18.3. The molecule has 0 spiro atoms. The van der Waals surface area contributed by atoms with Crippen molar-refractivity contribution >= 4 is 46.6 Å². The average Bonchev–Trinajstić information content (AvgIpc) is 3.20. The predicted molar refractivity (Wildman–Crippen MR) is 147 cm³/mol. The Morgan fingerprint density at radius 1 is 1.16 bits per heavy atom. The summed E-state index contributed by atoms with van der Waals surface area (Å²) >= 11 is 13.8. The molecule has 0 saturated carbocycles. The molecule has 8 nitrogen and oxygen atoms in total. The highest BCUT2D eigenvalue weighted by Crippen LogP contribution is 2.40. The van der Waals surface area contributed by atoms with Gasteiger partial charge in [-0.15, -0.1) is 0 Å². The zero-order valence-corrected chi connectivity index (χ0v) is 23.6. The van der Waals surface area contributed by atoms with E-state index in [0.29, 0.717) is 54.3 Å². The van der Waals surface area contributed by atoms with E-state index in [1.807, 2.05) is 6.92 Å². The number of rotatable bonds is 9. The lowest BCUT2D eigenvalue weighted by atomic mass is 9.94. The monoisotopic (exact) mass is 576 g/mol. The quantitative estimate of drug-likeness (QED) is 0.281. The number of fused-ring (bicyclic) bond motifs is 1. The predicted octanol–water partition coefficient (Wildman–Crippen LogP) is 4.14. The third kappa shape index (κ3) is 5.37. The van der Waals surface area contributed by atoms with Crippen LogP contribution in [-0.2, 0) is 14.3 Å². The number of hydrogen-bond donors (Lipinski definition) is 0. The van der Waals surface area contributed by atoms with Crippen molar-refractivity contribution in [3.63, 3.8) is 0 Å². The maximum Gasteiger partial charge on any atom is 0.338 e. The van der Waals surface area contributed by atoms with E-state index >= 15 is 0 Å². The van der Waals surface area contributed by atoms with Gasteiger partial charge in [0.25, 0.3) is 5.56 Å². The number of esters is 1. The van der Waals surface area contributed by atoms with Crippen molar-refractivity contribution in [3.05, 3.63) is 88.5 Å². The average molecular weight is 577 g/mol. The highest BCUT2D eigenvalue weighted by molar-refractivity contribution is 7.07. The minimum Gasteiger partial charge on any atom is -0.493 e. The fraction of sp³-hybridized carbons (Fsp3) is 0.296. The standard InChI is InChI=1S/C27H26Cl2N2O6S/c1-5-36-24-17(9-7-11-19(24)35-4)23-21(26(33)37-13-12-34-3)15(2)30-27-31(23)25(32)20(38-27)14-16-8-6-10-18(28)22(16)29/h6-11,14,23H,5,12-13H2,1-4H3/b20-14+/t23-/m1/s1. The van der Waals surface area contributed by atoms with E-state index in [1.165, 1.54) is 30.1 Å². The van der Waals surface area contributed by atoms with Crippen LogP contribution in [0.1, 0.15) is 31.0 Å². The molecule has 1 atom stereocenters. The molecule has 4 rings (SSSR count). The van der Waals surface area contributed by atoms with Crippen LogP contribution in [0.25, 0.3) is 6.08 Å². The Morgan fingerprint density at radius 3 is 2.63 bits per heavy atom. The van der Waals surface area contributed by atoms with Crippen molar-refractivity contribution in [1.29, 1.82) is 0 Å². The highest BCUT2D eigenvalue weighted by atomic mass is 35.5. The van der Waals surface area contributed by atoms with Gasteiger partial charge in [0.15, 0.2) is 16.3 Å². The first-order valence-corrected chi connectivity index (χ1v) is 13.3. The van der Waals surface area contributed by atoms with Crippen LogP contribution < -0.4 is 24.4 Å². The molecule has 2 aromatic carbocycles. The molecule has 0 N–H and O–H groups in total. The van der Waals surface area contributed by atoms with E-state index in [4.69, 9.17) is 42.1 Å². The Labute approximate surface area is 233 Å². The molecule has 0 fully saturated rings. The fourth-order valence-electron chi connectivity index (χ4n) is 4.15. The lowest BCUT2D eigenvalue weighted by molar-refractivity contribution is -0.140. The number of allylic oxidation sites excluding steroid dienone is 1. The molecular weight excluding hydrogens is 551 g/mol. The number of aromatic nitrogens is 1. The van der Waals surface area contributed by atoms with Gasteiger partial charge >= 0.3 is 5.97 Å². The summed E-state index contributed by atoms with van der Waals surface area (Å²) in [5, 5.41) is 0.710. The number of benzene rings is 2. The Hall–Kier alpha value is -3.11. The van der Waals surface area contributed by atoms with Gasteiger partial charge in [-0.25, -0.2) is 9.79 Å². The Morgan fingerprint density at radius 2 is 1.92 bits per heavy atom. The summed E-state index contributed by atoms with van der Waals surface area (Å²) in [5.41, 5.74) is 1.45. The number of para-hydroxylation sites is 1.